The van der Waals surface area contributed by atoms with Gasteiger partial charge in [0.15, 0.2) is 11.5 Å². The van der Waals surface area contributed by atoms with Gasteiger partial charge in [-0.1, -0.05) is 6.07 Å². The predicted molar refractivity (Wildman–Crippen MR) is 125 cm³/mol. The minimum absolute atomic E-state index is 0.0157. The first-order valence-electron chi connectivity index (χ1n) is 10.6. The van der Waals surface area contributed by atoms with E-state index >= 15 is 0 Å². The van der Waals surface area contributed by atoms with Crippen LogP contribution in [0.3, 0.4) is 0 Å². The largest absolute Gasteiger partial charge is 0.454 e. The van der Waals surface area contributed by atoms with Gasteiger partial charge in [0.05, 0.1) is 4.91 Å². The normalized spacial score (nSPS) is 15.7. The molecule has 0 spiro atoms. The third kappa shape index (κ3) is 4.15. The van der Waals surface area contributed by atoms with Gasteiger partial charge in [-0.3, -0.25) is 23.9 Å². The molecule has 0 unspecified atom stereocenters. The lowest BCUT2D eigenvalue weighted by atomic mass is 10.1. The van der Waals surface area contributed by atoms with Crippen molar-refractivity contribution in [2.45, 2.75) is 6.92 Å². The van der Waals surface area contributed by atoms with Gasteiger partial charge in [-0.25, -0.2) is 0 Å². The van der Waals surface area contributed by atoms with Crippen molar-refractivity contribution in [3.05, 3.63) is 70.1 Å². The van der Waals surface area contributed by atoms with Crippen molar-refractivity contribution in [3.8, 4) is 23.5 Å². The van der Waals surface area contributed by atoms with Crippen LogP contribution in [0.25, 0.3) is 12.0 Å². The van der Waals surface area contributed by atoms with Crippen LogP contribution in [0.15, 0.2) is 52.0 Å². The summed E-state index contributed by atoms with van der Waals surface area (Å²) in [4.78, 5) is 39.3. The minimum Gasteiger partial charge on any atom is -0.454 e. The van der Waals surface area contributed by atoms with Crippen LogP contribution in [0.4, 0.5) is 4.79 Å². The quantitative estimate of drug-likeness (QED) is 0.521. The summed E-state index contributed by atoms with van der Waals surface area (Å²) in [6, 6.07) is 10.8. The number of aromatic nitrogens is 1. The number of rotatable bonds is 6. The second-order valence-electron chi connectivity index (χ2n) is 7.62. The molecule has 1 fully saturated rings. The van der Waals surface area contributed by atoms with Crippen LogP contribution < -0.4 is 14.8 Å². The molecule has 0 saturated carbocycles. The maximum absolute atomic E-state index is 12.8. The average Bonchev–Trinajstić information content (AvgIpc) is 3.62. The first-order chi connectivity index (χ1) is 17.0. The monoisotopic (exact) mass is 490 g/mol. The van der Waals surface area contributed by atoms with E-state index in [0.717, 1.165) is 16.7 Å². The second-order valence-corrected chi connectivity index (χ2v) is 8.61. The Labute approximate surface area is 203 Å². The van der Waals surface area contributed by atoms with Crippen LogP contribution in [0.2, 0.25) is 0 Å². The fraction of sp³-hybridized carbons (Fsp3) is 0.167. The van der Waals surface area contributed by atoms with E-state index in [1.54, 1.807) is 60.3 Å². The number of ether oxygens (including phenoxy) is 2. The maximum atomic E-state index is 12.8. The molecule has 1 N–H and O–H groups in total. The number of thioether (sulfide) groups is 1. The Kier molecular flexibility index (Phi) is 5.80. The highest BCUT2D eigenvalue weighted by Crippen LogP contribution is 2.36. The number of carbonyl (C=O) groups is 3. The highest BCUT2D eigenvalue weighted by atomic mass is 32.2. The number of imide groups is 1. The minimum atomic E-state index is -0.524. The molecule has 10 nitrogen and oxygen atoms in total. The van der Waals surface area contributed by atoms with Gasteiger partial charge >= 0.3 is 0 Å². The SMILES string of the molecule is Cc1oc(-n2cccc2)c(C#N)c1C(=O)NCCN1C(=O)S/C(=C\c2ccc3c(c2)OCO3)C1=O. The highest BCUT2D eigenvalue weighted by Gasteiger charge is 2.35. The Balaban J connectivity index is 1.24. The number of hydrogen-bond acceptors (Lipinski definition) is 8. The Morgan fingerprint density at radius 1 is 1.23 bits per heavy atom. The molecule has 11 heteroatoms. The van der Waals surface area contributed by atoms with Crippen LogP contribution in [0.1, 0.15) is 27.2 Å². The molecular weight excluding hydrogens is 472 g/mol. The number of nitrogens with zero attached hydrogens (tertiary/aromatic N) is 3. The van der Waals surface area contributed by atoms with E-state index in [-0.39, 0.29) is 41.8 Å². The number of hydrogen-bond donors (Lipinski definition) is 1. The van der Waals surface area contributed by atoms with E-state index in [2.05, 4.69) is 5.32 Å². The van der Waals surface area contributed by atoms with E-state index in [0.29, 0.717) is 22.8 Å². The van der Waals surface area contributed by atoms with Gasteiger partial charge in [-0.15, -0.1) is 0 Å². The Morgan fingerprint density at radius 3 is 2.77 bits per heavy atom. The summed E-state index contributed by atoms with van der Waals surface area (Å²) in [5.41, 5.74) is 0.924. The molecule has 3 aromatic rings. The zero-order chi connectivity index (χ0) is 24.5. The van der Waals surface area contributed by atoms with Gasteiger partial charge in [-0.2, -0.15) is 5.26 Å². The number of fused-ring (bicyclic) bond motifs is 1. The van der Waals surface area contributed by atoms with E-state index in [1.165, 1.54) is 0 Å². The fourth-order valence-electron chi connectivity index (χ4n) is 3.78. The van der Waals surface area contributed by atoms with E-state index in [1.807, 2.05) is 6.07 Å². The van der Waals surface area contributed by atoms with Crippen molar-refractivity contribution < 1.29 is 28.3 Å². The predicted octanol–water partition coefficient (Wildman–Crippen LogP) is 3.45. The molecule has 4 heterocycles. The summed E-state index contributed by atoms with van der Waals surface area (Å²) < 4.78 is 17.9. The molecular formula is C24H18N4O6S. The van der Waals surface area contributed by atoms with Crippen LogP contribution in [-0.4, -0.2) is 46.4 Å². The summed E-state index contributed by atoms with van der Waals surface area (Å²) in [5, 5.41) is 11.8. The average molecular weight is 490 g/mol. The smallest absolute Gasteiger partial charge is 0.293 e. The molecule has 1 aromatic carbocycles. The molecule has 0 radical (unpaired) electrons. The Morgan fingerprint density at radius 2 is 2.00 bits per heavy atom. The van der Waals surface area contributed by atoms with Crippen molar-refractivity contribution in [3.63, 3.8) is 0 Å². The van der Waals surface area contributed by atoms with Crippen LogP contribution >= 0.6 is 11.8 Å². The number of nitrogens with one attached hydrogen (secondary N) is 1. The molecule has 2 aliphatic heterocycles. The van der Waals surface area contributed by atoms with Crippen molar-refractivity contribution in [2.75, 3.05) is 19.9 Å². The third-order valence-corrected chi connectivity index (χ3v) is 6.34. The number of furan rings is 1. The van der Waals surface area contributed by atoms with E-state index in [4.69, 9.17) is 13.9 Å². The highest BCUT2D eigenvalue weighted by molar-refractivity contribution is 8.18. The van der Waals surface area contributed by atoms with Crippen molar-refractivity contribution in [1.29, 1.82) is 5.26 Å². The molecule has 5 rings (SSSR count). The molecule has 0 aliphatic carbocycles. The number of amides is 3. The standard InChI is InChI=1S/C24H18N4O6S/c1-14-20(16(12-25)23(34-14)27-7-2-3-8-27)21(29)26-6-9-28-22(30)19(35-24(28)31)11-15-4-5-17-18(10-15)33-13-32-17/h2-5,7-8,10-11H,6,9,13H2,1H3,(H,26,29)/b19-11-. The Hall–Kier alpha value is -4.43. The van der Waals surface area contributed by atoms with Gasteiger partial charge in [0.25, 0.3) is 17.1 Å². The fourth-order valence-corrected chi connectivity index (χ4v) is 4.64. The Bertz CT molecular complexity index is 1420. The summed E-state index contributed by atoms with van der Waals surface area (Å²) in [7, 11) is 0. The maximum Gasteiger partial charge on any atom is 0.293 e. The number of aryl methyl sites for hydroxylation is 1. The molecule has 0 atom stereocenters. The lowest BCUT2D eigenvalue weighted by Crippen LogP contribution is -2.37. The van der Waals surface area contributed by atoms with Crippen LogP contribution in [0.5, 0.6) is 11.5 Å². The van der Waals surface area contributed by atoms with Gasteiger partial charge in [-0.05, 0) is 54.6 Å². The lowest BCUT2D eigenvalue weighted by Gasteiger charge is -2.13. The number of nitriles is 1. The zero-order valence-electron chi connectivity index (χ0n) is 18.4. The second kappa shape index (κ2) is 9.08. The van der Waals surface area contributed by atoms with Gasteiger partial charge in [0, 0.05) is 25.5 Å². The van der Waals surface area contributed by atoms with E-state index in [9.17, 15) is 19.6 Å². The summed E-state index contributed by atoms with van der Waals surface area (Å²) in [6.45, 7) is 1.74. The van der Waals surface area contributed by atoms with E-state index < -0.39 is 17.1 Å². The molecule has 2 aromatic heterocycles. The zero-order valence-corrected chi connectivity index (χ0v) is 19.3. The van der Waals surface area contributed by atoms with Crippen LogP contribution in [-0.2, 0) is 4.79 Å². The van der Waals surface area contributed by atoms with Gasteiger partial charge < -0.3 is 19.2 Å². The van der Waals surface area contributed by atoms with Gasteiger partial charge in [0.1, 0.15) is 23.0 Å². The number of carbonyl (C=O) groups excluding carboxylic acids is 3. The number of benzene rings is 1. The molecule has 35 heavy (non-hydrogen) atoms. The first-order valence-corrected chi connectivity index (χ1v) is 11.4. The molecule has 3 amide bonds. The van der Waals surface area contributed by atoms with Crippen molar-refractivity contribution in [2.24, 2.45) is 0 Å². The van der Waals surface area contributed by atoms with Gasteiger partial charge in [0.2, 0.25) is 12.7 Å². The summed E-state index contributed by atoms with van der Waals surface area (Å²) in [6.07, 6.45) is 5.03. The molecule has 1 saturated heterocycles. The first kappa shape index (κ1) is 22.4. The molecule has 0 bridgehead atoms. The topological polar surface area (TPSA) is 127 Å². The summed E-state index contributed by atoms with van der Waals surface area (Å²) in [5.74, 6) is 0.772. The third-order valence-electron chi connectivity index (χ3n) is 5.43. The van der Waals surface area contributed by atoms with Crippen molar-refractivity contribution in [1.82, 2.24) is 14.8 Å². The van der Waals surface area contributed by atoms with Crippen molar-refractivity contribution >= 4 is 34.9 Å². The molecule has 2 aliphatic rings. The summed E-state index contributed by atoms with van der Waals surface area (Å²) >= 11 is 0.828. The molecule has 176 valence electrons. The lowest BCUT2D eigenvalue weighted by molar-refractivity contribution is -0.122. The van der Waals surface area contributed by atoms with Crippen LogP contribution in [0, 0.1) is 18.3 Å².